The lowest BCUT2D eigenvalue weighted by Gasteiger charge is -2.27. The van der Waals surface area contributed by atoms with Crippen LogP contribution < -0.4 is 4.74 Å². The quantitative estimate of drug-likeness (QED) is 0.711. The predicted molar refractivity (Wildman–Crippen MR) is 100 cm³/mol. The lowest BCUT2D eigenvalue weighted by atomic mass is 9.76. The molecule has 0 heterocycles. The molecule has 1 aliphatic rings. The van der Waals surface area contributed by atoms with Crippen molar-refractivity contribution in [3.05, 3.63) is 95.1 Å². The van der Waals surface area contributed by atoms with Crippen molar-refractivity contribution in [1.82, 2.24) is 0 Å². The Balaban J connectivity index is 1.93. The molecule has 2 heteroatoms. The number of hydrogen-bond acceptors (Lipinski definition) is 2. The maximum Gasteiger partial charge on any atom is 0.160 e. The fourth-order valence-corrected chi connectivity index (χ4v) is 4.20. The largest absolute Gasteiger partial charge is 0.504 e. The molecule has 0 aromatic heterocycles. The van der Waals surface area contributed by atoms with Gasteiger partial charge in [-0.1, -0.05) is 67.6 Å². The van der Waals surface area contributed by atoms with Crippen LogP contribution in [0, 0.1) is 0 Å². The van der Waals surface area contributed by atoms with Crippen molar-refractivity contribution < 1.29 is 9.84 Å². The highest BCUT2D eigenvalue weighted by Crippen LogP contribution is 2.54. The third kappa shape index (κ3) is 2.49. The van der Waals surface area contributed by atoms with Crippen LogP contribution in [0.3, 0.4) is 0 Å². The van der Waals surface area contributed by atoms with E-state index in [0.29, 0.717) is 5.75 Å². The fourth-order valence-electron chi connectivity index (χ4n) is 4.20. The highest BCUT2D eigenvalue weighted by Gasteiger charge is 2.42. The highest BCUT2D eigenvalue weighted by atomic mass is 16.5. The summed E-state index contributed by atoms with van der Waals surface area (Å²) in [6.07, 6.45) is 0.975. The molecule has 4 rings (SSSR count). The van der Waals surface area contributed by atoms with Crippen LogP contribution in [0.4, 0.5) is 0 Å². The summed E-state index contributed by atoms with van der Waals surface area (Å²) < 4.78 is 5.38. The van der Waals surface area contributed by atoms with Crippen LogP contribution in [-0.2, 0) is 5.41 Å². The first-order valence-corrected chi connectivity index (χ1v) is 8.65. The van der Waals surface area contributed by atoms with Gasteiger partial charge in [0.1, 0.15) is 0 Å². The van der Waals surface area contributed by atoms with Crippen molar-refractivity contribution in [3.8, 4) is 11.5 Å². The van der Waals surface area contributed by atoms with Gasteiger partial charge in [0.2, 0.25) is 0 Å². The van der Waals surface area contributed by atoms with Gasteiger partial charge in [0, 0.05) is 11.3 Å². The molecule has 0 saturated carbocycles. The third-order valence-corrected chi connectivity index (χ3v) is 5.55. The summed E-state index contributed by atoms with van der Waals surface area (Å²) in [5.74, 6) is 1.03. The Bertz CT molecular complexity index is 887. The van der Waals surface area contributed by atoms with Crippen molar-refractivity contribution in [2.45, 2.75) is 24.7 Å². The SMILES string of the molecule is COc1cc2c(cc1O)[C@](C)(c1ccccc1)C[C@@H]2c1ccccc1. The Morgan fingerprint density at radius 1 is 0.960 bits per heavy atom. The van der Waals surface area contributed by atoms with Crippen LogP contribution in [0.15, 0.2) is 72.8 Å². The van der Waals surface area contributed by atoms with Gasteiger partial charge in [-0.2, -0.15) is 0 Å². The van der Waals surface area contributed by atoms with Crippen molar-refractivity contribution >= 4 is 0 Å². The molecule has 3 aromatic rings. The molecule has 25 heavy (non-hydrogen) atoms. The molecule has 0 aliphatic heterocycles. The monoisotopic (exact) mass is 330 g/mol. The molecule has 2 atom stereocenters. The van der Waals surface area contributed by atoms with E-state index in [1.165, 1.54) is 22.3 Å². The maximum atomic E-state index is 10.4. The average molecular weight is 330 g/mol. The second kappa shape index (κ2) is 5.96. The molecule has 0 spiro atoms. The van der Waals surface area contributed by atoms with Crippen LogP contribution >= 0.6 is 0 Å². The molecule has 0 amide bonds. The van der Waals surface area contributed by atoms with E-state index < -0.39 is 0 Å². The molecule has 0 fully saturated rings. The number of methoxy groups -OCH3 is 1. The molecule has 0 unspecified atom stereocenters. The number of benzene rings is 3. The summed E-state index contributed by atoms with van der Waals surface area (Å²) in [6, 6.07) is 25.1. The van der Waals surface area contributed by atoms with Gasteiger partial charge in [-0.25, -0.2) is 0 Å². The Hall–Kier alpha value is -2.74. The van der Waals surface area contributed by atoms with Crippen LogP contribution in [0.5, 0.6) is 11.5 Å². The lowest BCUT2D eigenvalue weighted by molar-refractivity contribution is 0.372. The molecular formula is C23H22O2. The molecule has 1 aliphatic carbocycles. The molecule has 126 valence electrons. The van der Waals surface area contributed by atoms with E-state index in [1.54, 1.807) is 7.11 Å². The van der Waals surface area contributed by atoms with Gasteiger partial charge in [0.05, 0.1) is 7.11 Å². The first-order valence-electron chi connectivity index (χ1n) is 8.65. The standard InChI is InChI=1S/C23H22O2/c1-23(17-11-7-4-8-12-17)15-19(16-9-5-3-6-10-16)18-13-22(25-2)21(24)14-20(18)23/h3-14,19,24H,15H2,1-2H3/t19-,23+/m1/s1. The van der Waals surface area contributed by atoms with E-state index >= 15 is 0 Å². The Morgan fingerprint density at radius 3 is 2.24 bits per heavy atom. The number of aromatic hydroxyl groups is 1. The summed E-state index contributed by atoms with van der Waals surface area (Å²) in [5.41, 5.74) is 4.87. The van der Waals surface area contributed by atoms with Crippen molar-refractivity contribution in [2.24, 2.45) is 0 Å². The first kappa shape index (κ1) is 15.8. The van der Waals surface area contributed by atoms with Gasteiger partial charge in [0.25, 0.3) is 0 Å². The van der Waals surface area contributed by atoms with E-state index in [0.717, 1.165) is 6.42 Å². The smallest absolute Gasteiger partial charge is 0.160 e. The predicted octanol–water partition coefficient (Wildman–Crippen LogP) is 5.24. The van der Waals surface area contributed by atoms with E-state index in [2.05, 4.69) is 55.5 Å². The van der Waals surface area contributed by atoms with Gasteiger partial charge in [-0.3, -0.25) is 0 Å². The van der Waals surface area contributed by atoms with Crippen molar-refractivity contribution in [2.75, 3.05) is 7.11 Å². The number of fused-ring (bicyclic) bond motifs is 1. The van der Waals surface area contributed by atoms with Crippen molar-refractivity contribution in [1.29, 1.82) is 0 Å². The second-order valence-corrected chi connectivity index (χ2v) is 6.98. The molecule has 2 nitrogen and oxygen atoms in total. The Labute approximate surface area is 148 Å². The molecular weight excluding hydrogens is 308 g/mol. The zero-order chi connectivity index (χ0) is 17.4. The third-order valence-electron chi connectivity index (χ3n) is 5.55. The minimum absolute atomic E-state index is 0.138. The van der Waals surface area contributed by atoms with Gasteiger partial charge in [-0.15, -0.1) is 0 Å². The molecule has 0 bridgehead atoms. The van der Waals surface area contributed by atoms with Gasteiger partial charge in [-0.05, 0) is 40.8 Å². The summed E-state index contributed by atoms with van der Waals surface area (Å²) in [4.78, 5) is 0. The van der Waals surface area contributed by atoms with Crippen LogP contribution in [0.2, 0.25) is 0 Å². The molecule has 0 radical (unpaired) electrons. The van der Waals surface area contributed by atoms with E-state index in [-0.39, 0.29) is 17.1 Å². The number of phenolic OH excluding ortho intramolecular Hbond substituents is 1. The summed E-state index contributed by atoms with van der Waals surface area (Å²) in [5, 5.41) is 10.4. The fraction of sp³-hybridized carbons (Fsp3) is 0.217. The average Bonchev–Trinajstić information content (AvgIpc) is 2.96. The van der Waals surface area contributed by atoms with Gasteiger partial charge < -0.3 is 9.84 Å². The topological polar surface area (TPSA) is 29.5 Å². The Morgan fingerprint density at radius 2 is 1.60 bits per heavy atom. The number of ether oxygens (including phenoxy) is 1. The zero-order valence-corrected chi connectivity index (χ0v) is 14.6. The maximum absolute atomic E-state index is 10.4. The van der Waals surface area contributed by atoms with Crippen LogP contribution in [-0.4, -0.2) is 12.2 Å². The number of rotatable bonds is 3. The normalized spacial score (nSPS) is 21.8. The van der Waals surface area contributed by atoms with E-state index in [9.17, 15) is 5.11 Å². The van der Waals surface area contributed by atoms with Crippen LogP contribution in [0.25, 0.3) is 0 Å². The lowest BCUT2D eigenvalue weighted by Crippen LogP contribution is -2.20. The highest BCUT2D eigenvalue weighted by molar-refractivity contribution is 5.59. The van der Waals surface area contributed by atoms with Crippen LogP contribution in [0.1, 0.15) is 41.5 Å². The summed E-state index contributed by atoms with van der Waals surface area (Å²) >= 11 is 0. The molecule has 1 N–H and O–H groups in total. The second-order valence-electron chi connectivity index (χ2n) is 6.98. The first-order chi connectivity index (χ1) is 12.1. The minimum Gasteiger partial charge on any atom is -0.504 e. The van der Waals surface area contributed by atoms with E-state index in [4.69, 9.17) is 4.74 Å². The number of phenols is 1. The van der Waals surface area contributed by atoms with Crippen molar-refractivity contribution in [3.63, 3.8) is 0 Å². The zero-order valence-electron chi connectivity index (χ0n) is 14.6. The minimum atomic E-state index is -0.138. The molecule has 3 aromatic carbocycles. The van der Waals surface area contributed by atoms with Gasteiger partial charge in [0.15, 0.2) is 11.5 Å². The number of hydrogen-bond donors (Lipinski definition) is 1. The summed E-state index contributed by atoms with van der Waals surface area (Å²) in [7, 11) is 1.60. The van der Waals surface area contributed by atoms with Gasteiger partial charge >= 0.3 is 0 Å². The summed E-state index contributed by atoms with van der Waals surface area (Å²) in [6.45, 7) is 2.27. The Kier molecular flexibility index (Phi) is 3.76. The molecule has 0 saturated heterocycles. The van der Waals surface area contributed by atoms with E-state index in [1.807, 2.05) is 24.3 Å².